The number of ketones is 1. The maximum Gasteiger partial charge on any atom is 0.189 e. The summed E-state index contributed by atoms with van der Waals surface area (Å²) in [6.45, 7) is 4.67. The number of benzene rings is 2. The lowest BCUT2D eigenvalue weighted by molar-refractivity contribution is 0.104. The van der Waals surface area contributed by atoms with Gasteiger partial charge in [0.1, 0.15) is 23.0 Å². The van der Waals surface area contributed by atoms with Gasteiger partial charge < -0.3 is 19.7 Å². The van der Waals surface area contributed by atoms with Crippen molar-refractivity contribution in [2.24, 2.45) is 0 Å². The second-order valence-electron chi connectivity index (χ2n) is 4.96. The van der Waals surface area contributed by atoms with E-state index in [0.717, 1.165) is 0 Å². The summed E-state index contributed by atoms with van der Waals surface area (Å²) in [6, 6.07) is 9.38. The fraction of sp³-hybridized carbons (Fsp3) is 0.211. The van der Waals surface area contributed by atoms with Gasteiger partial charge in [0, 0.05) is 17.7 Å². The number of hydrogen-bond donors (Lipinski definition) is 2. The van der Waals surface area contributed by atoms with Gasteiger partial charge in [-0.15, -0.1) is 0 Å². The van der Waals surface area contributed by atoms with E-state index in [2.05, 4.69) is 0 Å². The number of carbonyl (C=O) groups excluding carboxylic acids is 1. The Hall–Kier alpha value is -2.95. The zero-order valence-corrected chi connectivity index (χ0v) is 13.7. The van der Waals surface area contributed by atoms with Crippen LogP contribution in [0.2, 0.25) is 0 Å². The first-order chi connectivity index (χ1) is 11.5. The van der Waals surface area contributed by atoms with Crippen LogP contribution < -0.4 is 9.47 Å². The molecule has 0 radical (unpaired) electrons. The number of phenols is 2. The summed E-state index contributed by atoms with van der Waals surface area (Å²) in [5.41, 5.74) is 0.650. The van der Waals surface area contributed by atoms with Crippen LogP contribution in [0.5, 0.6) is 23.0 Å². The lowest BCUT2D eigenvalue weighted by Gasteiger charge is -2.06. The molecule has 2 aromatic carbocycles. The van der Waals surface area contributed by atoms with Crippen LogP contribution in [0.25, 0.3) is 6.08 Å². The van der Waals surface area contributed by atoms with E-state index < -0.39 is 0 Å². The Morgan fingerprint density at radius 1 is 0.958 bits per heavy atom. The summed E-state index contributed by atoms with van der Waals surface area (Å²) in [5.74, 6) is 0.554. The topological polar surface area (TPSA) is 76.0 Å². The van der Waals surface area contributed by atoms with E-state index in [1.165, 1.54) is 30.4 Å². The highest BCUT2D eigenvalue weighted by Gasteiger charge is 2.10. The van der Waals surface area contributed by atoms with E-state index in [1.54, 1.807) is 18.2 Å². The van der Waals surface area contributed by atoms with Crippen LogP contribution >= 0.6 is 0 Å². The molecule has 0 bridgehead atoms. The van der Waals surface area contributed by atoms with Gasteiger partial charge in [-0.05, 0) is 50.3 Å². The lowest BCUT2D eigenvalue weighted by Crippen LogP contribution is -1.97. The van der Waals surface area contributed by atoms with Crippen LogP contribution in [-0.4, -0.2) is 29.2 Å². The van der Waals surface area contributed by atoms with Gasteiger partial charge in [-0.25, -0.2) is 0 Å². The van der Waals surface area contributed by atoms with Gasteiger partial charge in [-0.3, -0.25) is 4.79 Å². The summed E-state index contributed by atoms with van der Waals surface area (Å²) in [5, 5.41) is 19.9. The number of ether oxygens (including phenoxy) is 2. The van der Waals surface area contributed by atoms with Crippen molar-refractivity contribution < 1.29 is 24.5 Å². The lowest BCUT2D eigenvalue weighted by atomic mass is 10.1. The molecule has 5 heteroatoms. The number of aromatic hydroxyl groups is 2. The fourth-order valence-corrected chi connectivity index (χ4v) is 2.15. The molecule has 0 amide bonds. The monoisotopic (exact) mass is 328 g/mol. The highest BCUT2D eigenvalue weighted by molar-refractivity contribution is 6.08. The molecular weight excluding hydrogens is 308 g/mol. The van der Waals surface area contributed by atoms with Crippen molar-refractivity contribution in [3.63, 3.8) is 0 Å². The quantitative estimate of drug-likeness (QED) is 0.597. The molecule has 0 aliphatic heterocycles. The standard InChI is InChI=1S/C19H20O5/c1-3-23-14-7-5-13(18(21)11-14)6-10-17(20)16-9-8-15(24-4-2)12-19(16)22/h5-12,21-22H,3-4H2,1-2H3. The molecular formula is C19H20O5. The van der Waals surface area contributed by atoms with Crippen molar-refractivity contribution in [3.05, 3.63) is 53.6 Å². The number of carbonyl (C=O) groups is 1. The zero-order chi connectivity index (χ0) is 17.5. The molecule has 0 atom stereocenters. The highest BCUT2D eigenvalue weighted by Crippen LogP contribution is 2.27. The van der Waals surface area contributed by atoms with Gasteiger partial charge in [0.25, 0.3) is 0 Å². The van der Waals surface area contributed by atoms with Crippen LogP contribution in [0.15, 0.2) is 42.5 Å². The molecule has 0 saturated heterocycles. The van der Waals surface area contributed by atoms with Crippen LogP contribution in [0.3, 0.4) is 0 Å². The van der Waals surface area contributed by atoms with Gasteiger partial charge >= 0.3 is 0 Å². The van der Waals surface area contributed by atoms with Gasteiger partial charge in [0.2, 0.25) is 0 Å². The van der Waals surface area contributed by atoms with E-state index in [1.807, 2.05) is 13.8 Å². The maximum absolute atomic E-state index is 12.2. The highest BCUT2D eigenvalue weighted by atomic mass is 16.5. The average molecular weight is 328 g/mol. The minimum absolute atomic E-state index is 0.0147. The molecule has 0 saturated carbocycles. The molecule has 0 aromatic heterocycles. The minimum atomic E-state index is -0.371. The molecule has 0 unspecified atom stereocenters. The van der Waals surface area contributed by atoms with Crippen LogP contribution in [0.4, 0.5) is 0 Å². The molecule has 0 spiro atoms. The third-order valence-electron chi connectivity index (χ3n) is 3.27. The second kappa shape index (κ2) is 8.06. The molecule has 126 valence electrons. The first-order valence-electron chi connectivity index (χ1n) is 7.69. The Kier molecular flexibility index (Phi) is 5.84. The molecule has 0 heterocycles. The summed E-state index contributed by atoms with van der Waals surface area (Å²) < 4.78 is 10.6. The Labute approximate surface area is 140 Å². The van der Waals surface area contributed by atoms with E-state index in [9.17, 15) is 15.0 Å². The Bertz CT molecular complexity index is 749. The van der Waals surface area contributed by atoms with Crippen molar-refractivity contribution in [2.45, 2.75) is 13.8 Å². The van der Waals surface area contributed by atoms with E-state index >= 15 is 0 Å². The van der Waals surface area contributed by atoms with E-state index in [-0.39, 0.29) is 22.8 Å². The molecule has 2 aromatic rings. The zero-order valence-electron chi connectivity index (χ0n) is 13.7. The fourth-order valence-electron chi connectivity index (χ4n) is 2.15. The minimum Gasteiger partial charge on any atom is -0.507 e. The van der Waals surface area contributed by atoms with Crippen molar-refractivity contribution >= 4 is 11.9 Å². The van der Waals surface area contributed by atoms with Crippen molar-refractivity contribution in [1.82, 2.24) is 0 Å². The first kappa shape index (κ1) is 17.4. The average Bonchev–Trinajstić information content (AvgIpc) is 2.54. The Balaban J connectivity index is 2.15. The largest absolute Gasteiger partial charge is 0.507 e. The van der Waals surface area contributed by atoms with Crippen molar-refractivity contribution in [2.75, 3.05) is 13.2 Å². The third-order valence-corrected chi connectivity index (χ3v) is 3.27. The SMILES string of the molecule is CCOc1ccc(C=CC(=O)c2ccc(OCC)cc2O)c(O)c1. The van der Waals surface area contributed by atoms with Crippen LogP contribution in [0, 0.1) is 0 Å². The molecule has 2 rings (SSSR count). The van der Waals surface area contributed by atoms with E-state index in [4.69, 9.17) is 9.47 Å². The maximum atomic E-state index is 12.2. The van der Waals surface area contributed by atoms with Gasteiger partial charge in [-0.1, -0.05) is 0 Å². The normalized spacial score (nSPS) is 10.8. The first-order valence-corrected chi connectivity index (χ1v) is 7.69. The van der Waals surface area contributed by atoms with Crippen molar-refractivity contribution in [1.29, 1.82) is 0 Å². The number of allylic oxidation sites excluding steroid dienone is 1. The Morgan fingerprint density at radius 3 is 2.08 bits per heavy atom. The van der Waals surface area contributed by atoms with Crippen LogP contribution in [-0.2, 0) is 0 Å². The predicted molar refractivity (Wildman–Crippen MR) is 91.9 cm³/mol. The molecule has 0 aliphatic rings. The third kappa shape index (κ3) is 4.29. The van der Waals surface area contributed by atoms with Crippen molar-refractivity contribution in [3.8, 4) is 23.0 Å². The second-order valence-corrected chi connectivity index (χ2v) is 4.96. The summed E-state index contributed by atoms with van der Waals surface area (Å²) in [7, 11) is 0. The molecule has 24 heavy (non-hydrogen) atoms. The Morgan fingerprint density at radius 2 is 1.54 bits per heavy atom. The number of phenolic OH excluding ortho intramolecular Hbond substituents is 2. The predicted octanol–water partition coefficient (Wildman–Crippen LogP) is 3.79. The smallest absolute Gasteiger partial charge is 0.189 e. The number of rotatable bonds is 7. The molecule has 0 fully saturated rings. The summed E-state index contributed by atoms with van der Waals surface area (Å²) in [4.78, 5) is 12.2. The molecule has 2 N–H and O–H groups in total. The molecule has 5 nitrogen and oxygen atoms in total. The van der Waals surface area contributed by atoms with Gasteiger partial charge in [-0.2, -0.15) is 0 Å². The van der Waals surface area contributed by atoms with Crippen LogP contribution in [0.1, 0.15) is 29.8 Å². The summed E-state index contributed by atoms with van der Waals surface area (Å²) in [6.07, 6.45) is 2.79. The van der Waals surface area contributed by atoms with Gasteiger partial charge in [0.05, 0.1) is 18.8 Å². The number of hydrogen-bond acceptors (Lipinski definition) is 5. The molecule has 0 aliphatic carbocycles. The van der Waals surface area contributed by atoms with E-state index in [0.29, 0.717) is 30.3 Å². The summed E-state index contributed by atoms with van der Waals surface area (Å²) >= 11 is 0. The van der Waals surface area contributed by atoms with Gasteiger partial charge in [0.15, 0.2) is 5.78 Å².